The van der Waals surface area contributed by atoms with E-state index in [-0.39, 0.29) is 0 Å². The number of guanidine groups is 1. The lowest BCUT2D eigenvalue weighted by Gasteiger charge is -2.34. The molecule has 0 radical (unpaired) electrons. The van der Waals surface area contributed by atoms with Gasteiger partial charge in [0.1, 0.15) is 0 Å². The van der Waals surface area contributed by atoms with Crippen molar-refractivity contribution in [3.05, 3.63) is 17.5 Å². The summed E-state index contributed by atoms with van der Waals surface area (Å²) in [5.41, 5.74) is 0. The van der Waals surface area contributed by atoms with Crippen LogP contribution in [-0.2, 0) is 0 Å². The van der Waals surface area contributed by atoms with Crippen molar-refractivity contribution in [2.75, 3.05) is 44.7 Å². The number of rotatable bonds is 6. The first-order valence-corrected chi connectivity index (χ1v) is 11.1. The van der Waals surface area contributed by atoms with Crippen molar-refractivity contribution in [1.82, 2.24) is 15.5 Å². The smallest absolute Gasteiger partial charge is 0.191 e. The minimum atomic E-state index is 0.527. The summed E-state index contributed by atoms with van der Waals surface area (Å²) in [7, 11) is 1.88. The molecule has 1 unspecified atom stereocenters. The maximum atomic E-state index is 4.42. The lowest BCUT2D eigenvalue weighted by Crippen LogP contribution is -2.49. The van der Waals surface area contributed by atoms with E-state index < -0.39 is 0 Å². The van der Waals surface area contributed by atoms with Crippen molar-refractivity contribution in [3.8, 4) is 0 Å². The van der Waals surface area contributed by atoms with Gasteiger partial charge in [-0.2, -0.15) is 0 Å². The van der Waals surface area contributed by atoms with Gasteiger partial charge in [0.25, 0.3) is 0 Å². The number of anilines is 1. The molecule has 3 rings (SSSR count). The van der Waals surface area contributed by atoms with Crippen LogP contribution in [0.15, 0.2) is 22.5 Å². The van der Waals surface area contributed by atoms with E-state index in [0.29, 0.717) is 6.04 Å². The van der Waals surface area contributed by atoms with Crippen molar-refractivity contribution >= 4 is 22.3 Å². The molecule has 2 aliphatic heterocycles. The molecule has 0 saturated carbocycles. The average molecular weight is 378 g/mol. The average Bonchev–Trinajstić information content (AvgIpc) is 3.21. The maximum Gasteiger partial charge on any atom is 0.191 e. The molecule has 0 amide bonds. The summed E-state index contributed by atoms with van der Waals surface area (Å²) in [5, 5.41) is 10.7. The van der Waals surface area contributed by atoms with Crippen LogP contribution < -0.4 is 15.5 Å². The minimum absolute atomic E-state index is 0.527. The fraction of sp³-hybridized carbons (Fsp3) is 0.750. The zero-order valence-corrected chi connectivity index (χ0v) is 17.2. The van der Waals surface area contributed by atoms with Crippen LogP contribution in [0.5, 0.6) is 0 Å². The van der Waals surface area contributed by atoms with Gasteiger partial charge in [-0.3, -0.25) is 4.99 Å². The molecule has 2 saturated heterocycles. The number of hydrogen-bond donors (Lipinski definition) is 2. The Hall–Kier alpha value is -1.27. The highest BCUT2D eigenvalue weighted by Crippen LogP contribution is 2.24. The molecule has 26 heavy (non-hydrogen) atoms. The molecular weight excluding hydrogens is 342 g/mol. The fourth-order valence-electron chi connectivity index (χ4n) is 4.06. The first-order valence-electron chi connectivity index (χ1n) is 10.3. The van der Waals surface area contributed by atoms with E-state index >= 15 is 0 Å². The molecule has 0 aromatic carbocycles. The van der Waals surface area contributed by atoms with Gasteiger partial charge >= 0.3 is 0 Å². The third kappa shape index (κ3) is 5.61. The van der Waals surface area contributed by atoms with Crippen molar-refractivity contribution < 1.29 is 0 Å². The van der Waals surface area contributed by atoms with Gasteiger partial charge in [0, 0.05) is 45.3 Å². The van der Waals surface area contributed by atoms with Crippen LogP contribution in [0.25, 0.3) is 0 Å². The molecule has 1 atom stereocenters. The van der Waals surface area contributed by atoms with E-state index in [2.05, 4.69) is 49.9 Å². The molecule has 2 fully saturated rings. The second kappa shape index (κ2) is 10.2. The van der Waals surface area contributed by atoms with Crippen LogP contribution in [0.4, 0.5) is 5.00 Å². The summed E-state index contributed by atoms with van der Waals surface area (Å²) < 4.78 is 0. The van der Waals surface area contributed by atoms with Gasteiger partial charge in [0.15, 0.2) is 5.96 Å². The topological polar surface area (TPSA) is 42.9 Å². The van der Waals surface area contributed by atoms with Gasteiger partial charge in [-0.1, -0.05) is 6.42 Å². The zero-order chi connectivity index (χ0) is 18.2. The molecule has 0 aliphatic carbocycles. The lowest BCUT2D eigenvalue weighted by molar-refractivity contribution is 0.159. The second-order valence-corrected chi connectivity index (χ2v) is 8.52. The first kappa shape index (κ1) is 19.5. The van der Waals surface area contributed by atoms with Crippen LogP contribution in [0.3, 0.4) is 0 Å². The van der Waals surface area contributed by atoms with Crippen molar-refractivity contribution in [2.24, 2.45) is 4.99 Å². The predicted octanol–water partition coefficient (Wildman–Crippen LogP) is 3.15. The number of thiophene rings is 1. The summed E-state index contributed by atoms with van der Waals surface area (Å²) in [6.45, 7) is 8.10. The van der Waals surface area contributed by atoms with Gasteiger partial charge < -0.3 is 20.4 Å². The zero-order valence-electron chi connectivity index (χ0n) is 16.4. The van der Waals surface area contributed by atoms with Crippen LogP contribution in [0.2, 0.25) is 0 Å². The van der Waals surface area contributed by atoms with Crippen molar-refractivity contribution in [1.29, 1.82) is 0 Å². The van der Waals surface area contributed by atoms with Crippen LogP contribution in [0, 0.1) is 0 Å². The highest BCUT2D eigenvalue weighted by molar-refractivity contribution is 7.14. The van der Waals surface area contributed by atoms with Crippen molar-refractivity contribution in [2.45, 2.75) is 57.5 Å². The summed E-state index contributed by atoms with van der Waals surface area (Å²) in [4.78, 5) is 9.56. The Morgan fingerprint density at radius 1 is 1.23 bits per heavy atom. The molecular formula is C20H35N5S. The first-order chi connectivity index (χ1) is 12.8. The van der Waals surface area contributed by atoms with E-state index in [9.17, 15) is 0 Å². The molecule has 1 aromatic heterocycles. The number of piperidine rings is 2. The highest BCUT2D eigenvalue weighted by atomic mass is 32.1. The van der Waals surface area contributed by atoms with Gasteiger partial charge in [-0.05, 0) is 63.1 Å². The Balaban J connectivity index is 1.32. The molecule has 2 N–H and O–H groups in total. The number of aliphatic imine (C=N–C) groups is 1. The van der Waals surface area contributed by atoms with Crippen LogP contribution in [-0.4, -0.2) is 62.7 Å². The summed E-state index contributed by atoms with van der Waals surface area (Å²) >= 11 is 1.84. The molecule has 1 aromatic rings. The number of nitrogens with zero attached hydrogens (tertiary/aromatic N) is 3. The molecule has 5 nitrogen and oxygen atoms in total. The largest absolute Gasteiger partial charge is 0.363 e. The van der Waals surface area contributed by atoms with Gasteiger partial charge in [0.05, 0.1) is 5.00 Å². The third-order valence-electron chi connectivity index (χ3n) is 5.73. The Morgan fingerprint density at radius 2 is 2.08 bits per heavy atom. The van der Waals surface area contributed by atoms with E-state index in [0.717, 1.165) is 31.6 Å². The SMILES string of the molecule is CN=C(NCCCN1CCCCC1C)NC1CCN(c2cccs2)CC1. The van der Waals surface area contributed by atoms with Crippen molar-refractivity contribution in [3.63, 3.8) is 0 Å². The van der Waals surface area contributed by atoms with E-state index in [1.54, 1.807) is 0 Å². The van der Waals surface area contributed by atoms with Gasteiger partial charge in [0.2, 0.25) is 0 Å². The minimum Gasteiger partial charge on any atom is -0.363 e. The number of likely N-dealkylation sites (tertiary alicyclic amines) is 1. The Labute approximate surface area is 162 Å². The maximum absolute atomic E-state index is 4.42. The molecule has 2 aliphatic rings. The summed E-state index contributed by atoms with van der Waals surface area (Å²) in [6.07, 6.45) is 7.65. The Bertz CT molecular complexity index is 536. The van der Waals surface area contributed by atoms with Crippen LogP contribution >= 0.6 is 11.3 Å². The van der Waals surface area contributed by atoms with Gasteiger partial charge in [-0.15, -0.1) is 11.3 Å². The number of hydrogen-bond acceptors (Lipinski definition) is 4. The highest BCUT2D eigenvalue weighted by Gasteiger charge is 2.21. The van der Waals surface area contributed by atoms with E-state index in [4.69, 9.17) is 0 Å². The fourth-order valence-corrected chi connectivity index (χ4v) is 4.85. The van der Waals surface area contributed by atoms with E-state index in [1.165, 1.54) is 56.6 Å². The standard InChI is InChI=1S/C20H35N5S/c1-17-7-3-4-12-24(17)13-6-11-22-20(21-2)23-18-9-14-25(15-10-18)19-8-5-16-26-19/h5,8,16-18H,3-4,6-7,9-15H2,1-2H3,(H2,21,22,23). The van der Waals surface area contributed by atoms with Crippen LogP contribution in [0.1, 0.15) is 45.4 Å². The normalized spacial score (nSPS) is 23.2. The summed E-state index contributed by atoms with van der Waals surface area (Å²) in [5.74, 6) is 0.964. The summed E-state index contributed by atoms with van der Waals surface area (Å²) in [6, 6.07) is 5.65. The van der Waals surface area contributed by atoms with Gasteiger partial charge in [-0.25, -0.2) is 0 Å². The Kier molecular flexibility index (Phi) is 7.62. The molecule has 0 spiro atoms. The number of nitrogens with one attached hydrogen (secondary N) is 2. The molecule has 3 heterocycles. The molecule has 146 valence electrons. The quantitative estimate of drug-likeness (QED) is 0.454. The second-order valence-electron chi connectivity index (χ2n) is 7.59. The Morgan fingerprint density at radius 3 is 2.77 bits per heavy atom. The van der Waals surface area contributed by atoms with E-state index in [1.807, 2.05) is 18.4 Å². The third-order valence-corrected chi connectivity index (χ3v) is 6.66. The predicted molar refractivity (Wildman–Crippen MR) is 114 cm³/mol. The molecule has 6 heteroatoms. The lowest BCUT2D eigenvalue weighted by atomic mass is 10.0. The molecule has 0 bridgehead atoms. The monoisotopic (exact) mass is 377 g/mol.